The normalized spacial score (nSPS) is 17.1. The monoisotopic (exact) mass is 605 g/mol. The molecule has 0 bridgehead atoms. The Hall–Kier alpha value is -3.92. The Bertz CT molecular complexity index is 1750. The number of aliphatic hydroxyl groups is 1. The Morgan fingerprint density at radius 1 is 1.05 bits per heavy atom. The maximum Gasteiger partial charge on any atom is 0.275 e. The van der Waals surface area contributed by atoms with E-state index in [1.807, 2.05) is 26.0 Å². The first-order valence-corrected chi connectivity index (χ1v) is 14.3. The number of nitrogens with zero attached hydrogens (tertiary/aromatic N) is 4. The third-order valence-electron chi connectivity index (χ3n) is 8.32. The van der Waals surface area contributed by atoms with Gasteiger partial charge in [0.1, 0.15) is 5.75 Å². The quantitative estimate of drug-likeness (QED) is 0.326. The van der Waals surface area contributed by atoms with Gasteiger partial charge in [0, 0.05) is 51.2 Å². The topological polar surface area (TPSA) is 124 Å². The van der Waals surface area contributed by atoms with Gasteiger partial charge in [-0.05, 0) is 75.1 Å². The number of methoxy groups -OCH3 is 1. The zero-order valence-corrected chi connectivity index (χ0v) is 24.8. The van der Waals surface area contributed by atoms with E-state index < -0.39 is 17.6 Å². The number of aliphatic hydroxyl groups excluding tert-OH is 1. The molecule has 216 valence electrons. The summed E-state index contributed by atoms with van der Waals surface area (Å²) in [5.74, 6) is -0.214. The number of carbonyl (C=O) groups is 2. The molecule has 6 rings (SSSR count). The third kappa shape index (κ3) is 4.62. The van der Waals surface area contributed by atoms with Crippen LogP contribution in [0.25, 0.3) is 28.1 Å². The number of fused-ring (bicyclic) bond motifs is 3. The van der Waals surface area contributed by atoms with Gasteiger partial charge < -0.3 is 20.5 Å². The molecule has 42 heavy (non-hydrogen) atoms. The highest BCUT2D eigenvalue weighted by molar-refractivity contribution is 6.34. The number of amides is 2. The lowest BCUT2D eigenvalue weighted by molar-refractivity contribution is 0.0388. The minimum atomic E-state index is -0.737. The van der Waals surface area contributed by atoms with Crippen molar-refractivity contribution >= 4 is 35.0 Å². The number of benzene rings is 2. The van der Waals surface area contributed by atoms with Crippen molar-refractivity contribution in [1.29, 1.82) is 0 Å². The van der Waals surface area contributed by atoms with Crippen molar-refractivity contribution in [2.24, 2.45) is 5.73 Å². The predicted molar refractivity (Wildman–Crippen MR) is 160 cm³/mol. The van der Waals surface area contributed by atoms with E-state index in [4.69, 9.17) is 38.8 Å². The molecule has 1 aliphatic carbocycles. The summed E-state index contributed by atoms with van der Waals surface area (Å²) in [4.78, 5) is 31.9. The lowest BCUT2D eigenvalue weighted by Gasteiger charge is -2.33. The number of aryl methyl sites for hydroxylation is 1. The fourth-order valence-corrected chi connectivity index (χ4v) is 6.49. The van der Waals surface area contributed by atoms with Gasteiger partial charge in [-0.15, -0.1) is 0 Å². The van der Waals surface area contributed by atoms with Crippen LogP contribution in [-0.2, 0) is 12.8 Å². The van der Waals surface area contributed by atoms with Gasteiger partial charge in [-0.2, -0.15) is 5.10 Å². The van der Waals surface area contributed by atoms with Crippen molar-refractivity contribution in [3.63, 3.8) is 0 Å². The Morgan fingerprint density at radius 3 is 2.43 bits per heavy atom. The number of primary amides is 1. The van der Waals surface area contributed by atoms with Crippen molar-refractivity contribution in [3.8, 4) is 33.8 Å². The van der Waals surface area contributed by atoms with E-state index in [0.717, 1.165) is 22.4 Å². The molecular weight excluding hydrogens is 577 g/mol. The molecule has 0 saturated carbocycles. The van der Waals surface area contributed by atoms with Crippen molar-refractivity contribution in [2.75, 3.05) is 13.7 Å². The van der Waals surface area contributed by atoms with E-state index in [1.165, 1.54) is 6.20 Å². The predicted octanol–water partition coefficient (Wildman–Crippen LogP) is 5.10. The maximum atomic E-state index is 14.1. The van der Waals surface area contributed by atoms with Gasteiger partial charge in [0.25, 0.3) is 5.91 Å². The van der Waals surface area contributed by atoms with E-state index in [1.54, 1.807) is 47.2 Å². The molecule has 0 spiro atoms. The van der Waals surface area contributed by atoms with Crippen LogP contribution >= 0.6 is 23.2 Å². The number of nitrogens with two attached hydrogens (primary N) is 1. The third-order valence-corrected chi connectivity index (χ3v) is 8.76. The van der Waals surface area contributed by atoms with Crippen LogP contribution in [0, 0.1) is 0 Å². The van der Waals surface area contributed by atoms with Crippen molar-refractivity contribution < 1.29 is 19.4 Å². The molecule has 9 nitrogen and oxygen atoms in total. The van der Waals surface area contributed by atoms with Crippen LogP contribution in [0.3, 0.4) is 0 Å². The Balaban J connectivity index is 1.59. The number of rotatable bonds is 5. The second kappa shape index (κ2) is 10.4. The van der Waals surface area contributed by atoms with E-state index in [-0.39, 0.29) is 11.5 Å². The molecule has 2 aromatic carbocycles. The highest BCUT2D eigenvalue weighted by Crippen LogP contribution is 2.44. The molecule has 0 radical (unpaired) electrons. The molecule has 1 saturated heterocycles. The summed E-state index contributed by atoms with van der Waals surface area (Å²) >= 11 is 12.8. The highest BCUT2D eigenvalue weighted by Gasteiger charge is 2.45. The molecule has 2 aromatic heterocycles. The number of pyridine rings is 1. The van der Waals surface area contributed by atoms with Crippen molar-refractivity contribution in [3.05, 3.63) is 81.2 Å². The SMILES string of the molecule is COc1cc2c(cc1-c1cncc(C(N)=O)c1)-c1c(c(C(=O)N3CCC(O)C3(C)C)nn1-c1cc(Cl)cc(Cl)c1)CC2. The first kappa shape index (κ1) is 28.2. The van der Waals surface area contributed by atoms with Crippen LogP contribution in [0.15, 0.2) is 48.8 Å². The first-order chi connectivity index (χ1) is 20.0. The fraction of sp³-hybridized carbons (Fsp3) is 0.290. The van der Waals surface area contributed by atoms with Crippen LogP contribution in [0.1, 0.15) is 52.2 Å². The molecule has 1 fully saturated rings. The van der Waals surface area contributed by atoms with Gasteiger partial charge in [0.2, 0.25) is 5.91 Å². The zero-order chi connectivity index (χ0) is 29.9. The maximum absolute atomic E-state index is 14.1. The molecule has 3 heterocycles. The molecule has 2 aliphatic rings. The van der Waals surface area contributed by atoms with Crippen LogP contribution in [0.5, 0.6) is 5.75 Å². The fourth-order valence-electron chi connectivity index (χ4n) is 5.97. The van der Waals surface area contributed by atoms with Gasteiger partial charge in [0.15, 0.2) is 5.69 Å². The number of likely N-dealkylation sites (tertiary alicyclic amines) is 1. The molecule has 4 aromatic rings. The number of aromatic nitrogens is 3. The van der Waals surface area contributed by atoms with Crippen LogP contribution in [-0.4, -0.2) is 61.9 Å². The summed E-state index contributed by atoms with van der Waals surface area (Å²) in [5.41, 5.74) is 10.7. The minimum absolute atomic E-state index is 0.241. The zero-order valence-electron chi connectivity index (χ0n) is 23.3. The van der Waals surface area contributed by atoms with E-state index >= 15 is 0 Å². The second-order valence-corrected chi connectivity index (χ2v) is 12.0. The van der Waals surface area contributed by atoms with Gasteiger partial charge in [-0.25, -0.2) is 4.68 Å². The summed E-state index contributed by atoms with van der Waals surface area (Å²) in [6, 6.07) is 10.7. The Morgan fingerprint density at radius 2 is 1.79 bits per heavy atom. The van der Waals surface area contributed by atoms with Crippen molar-refractivity contribution in [1.82, 2.24) is 19.7 Å². The van der Waals surface area contributed by atoms with Crippen molar-refractivity contribution in [2.45, 2.75) is 44.8 Å². The number of hydrogen-bond donors (Lipinski definition) is 2. The molecule has 1 aliphatic heterocycles. The average Bonchev–Trinajstić information content (AvgIpc) is 3.48. The molecule has 1 unspecified atom stereocenters. The lowest BCUT2D eigenvalue weighted by Crippen LogP contribution is -2.48. The number of halogens is 2. The summed E-state index contributed by atoms with van der Waals surface area (Å²) in [6.07, 6.45) is 4.14. The Kier molecular flexibility index (Phi) is 7.00. The summed E-state index contributed by atoms with van der Waals surface area (Å²) < 4.78 is 7.47. The van der Waals surface area contributed by atoms with Crippen LogP contribution in [0.2, 0.25) is 10.0 Å². The van der Waals surface area contributed by atoms with E-state index in [2.05, 4.69) is 4.98 Å². The summed E-state index contributed by atoms with van der Waals surface area (Å²) in [6.45, 7) is 4.16. The van der Waals surface area contributed by atoms with E-state index in [9.17, 15) is 14.7 Å². The van der Waals surface area contributed by atoms with Gasteiger partial charge in [-0.1, -0.05) is 23.2 Å². The lowest BCUT2D eigenvalue weighted by atomic mass is 9.86. The number of ether oxygens (including phenoxy) is 1. The molecule has 11 heteroatoms. The summed E-state index contributed by atoms with van der Waals surface area (Å²) in [5, 5.41) is 16.3. The number of carbonyl (C=O) groups excluding carboxylic acids is 2. The van der Waals surface area contributed by atoms with Gasteiger partial charge >= 0.3 is 0 Å². The van der Waals surface area contributed by atoms with Crippen LogP contribution in [0.4, 0.5) is 0 Å². The van der Waals surface area contributed by atoms with Gasteiger partial charge in [-0.3, -0.25) is 14.6 Å². The molecule has 1 atom stereocenters. The Labute approximate surface area is 252 Å². The highest BCUT2D eigenvalue weighted by atomic mass is 35.5. The largest absolute Gasteiger partial charge is 0.496 e. The summed E-state index contributed by atoms with van der Waals surface area (Å²) in [7, 11) is 1.59. The van der Waals surface area contributed by atoms with Gasteiger partial charge in [0.05, 0.1) is 35.7 Å². The first-order valence-electron chi connectivity index (χ1n) is 13.5. The molecular formula is C31H29Cl2N5O4. The van der Waals surface area contributed by atoms with Crippen LogP contribution < -0.4 is 10.5 Å². The number of hydrogen-bond acceptors (Lipinski definition) is 6. The standard InChI is InChI=1S/C31H29Cl2N5O4/c1-31(2)26(39)6-7-37(31)30(41)27-22-5-4-16-9-25(42-3)23(17-8-18(29(34)40)15-35-14-17)13-24(16)28(22)38(36-27)21-11-19(32)10-20(33)12-21/h8-15,26,39H,4-7H2,1-3H3,(H2,34,40). The molecule has 3 N–H and O–H groups in total. The average molecular weight is 607 g/mol. The molecule has 2 amide bonds. The second-order valence-electron chi connectivity index (χ2n) is 11.2. The van der Waals surface area contributed by atoms with E-state index in [0.29, 0.717) is 64.1 Å². The minimum Gasteiger partial charge on any atom is -0.496 e. The smallest absolute Gasteiger partial charge is 0.275 e.